The van der Waals surface area contributed by atoms with Crippen LogP contribution >= 0.6 is 0 Å². The van der Waals surface area contributed by atoms with Gasteiger partial charge in [0.1, 0.15) is 10.7 Å². The number of nitrogens with one attached hydrogen (secondary N) is 1. The number of sulfonamides is 1. The average molecular weight is 501 g/mol. The maximum absolute atomic E-state index is 14.6. The van der Waals surface area contributed by atoms with E-state index in [1.165, 1.54) is 0 Å². The lowest BCUT2D eigenvalue weighted by Crippen LogP contribution is -2.40. The van der Waals surface area contributed by atoms with Crippen molar-refractivity contribution in [1.82, 2.24) is 4.31 Å². The number of aliphatic hydroxyl groups is 1. The molecule has 1 saturated heterocycles. The Morgan fingerprint density at radius 2 is 1.56 bits per heavy atom. The number of rotatable bonds is 5. The van der Waals surface area contributed by atoms with Gasteiger partial charge in [0, 0.05) is 36.5 Å². The number of hydrogen-bond acceptors (Lipinski definition) is 4. The van der Waals surface area contributed by atoms with Gasteiger partial charge in [-0.05, 0) is 62.6 Å². The van der Waals surface area contributed by atoms with Gasteiger partial charge in [-0.2, -0.15) is 4.31 Å². The SMILES string of the molecule is O=C(Nc1cc(F)c(F)c(F)c1)c1ccc(F)c(S(=O)(=O)N2CCCC(O)(C3CC3)CCC2)c1. The van der Waals surface area contributed by atoms with Gasteiger partial charge in [0.15, 0.2) is 17.5 Å². The molecule has 0 spiro atoms. The Labute approximate surface area is 194 Å². The van der Waals surface area contributed by atoms with Crippen LogP contribution in [0.4, 0.5) is 23.2 Å². The maximum atomic E-state index is 14.6. The van der Waals surface area contributed by atoms with Crippen LogP contribution in [-0.4, -0.2) is 42.4 Å². The summed E-state index contributed by atoms with van der Waals surface area (Å²) in [6.07, 6.45) is 3.68. The second-order valence-corrected chi connectivity index (χ2v) is 10.7. The summed E-state index contributed by atoms with van der Waals surface area (Å²) in [5.41, 5.74) is -1.43. The van der Waals surface area contributed by atoms with Crippen molar-refractivity contribution in [1.29, 1.82) is 0 Å². The molecule has 0 radical (unpaired) electrons. The third-order valence-electron chi connectivity index (χ3n) is 6.42. The van der Waals surface area contributed by atoms with Crippen molar-refractivity contribution < 1.29 is 35.9 Å². The van der Waals surface area contributed by atoms with E-state index in [1.807, 2.05) is 0 Å². The lowest BCUT2D eigenvalue weighted by molar-refractivity contribution is -0.00951. The van der Waals surface area contributed by atoms with E-state index in [1.54, 1.807) is 0 Å². The molecule has 11 heteroatoms. The molecule has 2 aliphatic rings. The van der Waals surface area contributed by atoms with Crippen molar-refractivity contribution in [2.75, 3.05) is 18.4 Å². The zero-order chi connectivity index (χ0) is 24.7. The number of carbonyl (C=O) groups excluding carboxylic acids is 1. The summed E-state index contributed by atoms with van der Waals surface area (Å²) >= 11 is 0. The van der Waals surface area contributed by atoms with Crippen LogP contribution < -0.4 is 5.32 Å². The van der Waals surface area contributed by atoms with Crippen LogP contribution in [0.3, 0.4) is 0 Å². The minimum atomic E-state index is -4.29. The minimum Gasteiger partial charge on any atom is -0.390 e. The fourth-order valence-electron chi connectivity index (χ4n) is 4.44. The molecule has 1 aliphatic heterocycles. The fraction of sp³-hybridized carbons (Fsp3) is 0.435. The highest BCUT2D eigenvalue weighted by molar-refractivity contribution is 7.89. The van der Waals surface area contributed by atoms with Crippen LogP contribution in [0, 0.1) is 29.2 Å². The first-order chi connectivity index (χ1) is 16.0. The number of amides is 1. The Morgan fingerprint density at radius 1 is 0.971 bits per heavy atom. The van der Waals surface area contributed by atoms with Gasteiger partial charge >= 0.3 is 0 Å². The summed E-state index contributed by atoms with van der Waals surface area (Å²) < 4.78 is 82.0. The van der Waals surface area contributed by atoms with E-state index >= 15 is 0 Å². The van der Waals surface area contributed by atoms with E-state index < -0.39 is 49.7 Å². The van der Waals surface area contributed by atoms with E-state index in [-0.39, 0.29) is 30.3 Å². The van der Waals surface area contributed by atoms with Gasteiger partial charge in [0.25, 0.3) is 5.91 Å². The summed E-state index contributed by atoms with van der Waals surface area (Å²) in [6, 6.07) is 3.85. The van der Waals surface area contributed by atoms with E-state index in [0.717, 1.165) is 35.3 Å². The number of benzene rings is 2. The second kappa shape index (κ2) is 9.27. The van der Waals surface area contributed by atoms with Crippen LogP contribution in [0.1, 0.15) is 48.9 Å². The van der Waals surface area contributed by atoms with Crippen molar-refractivity contribution in [2.45, 2.75) is 49.0 Å². The zero-order valence-corrected chi connectivity index (χ0v) is 19.0. The molecule has 4 rings (SSSR count). The molecule has 1 heterocycles. The molecular weight excluding hydrogens is 476 g/mol. The number of carbonyl (C=O) groups is 1. The number of anilines is 1. The first-order valence-electron chi connectivity index (χ1n) is 11.0. The molecule has 6 nitrogen and oxygen atoms in total. The van der Waals surface area contributed by atoms with E-state index in [9.17, 15) is 35.9 Å². The standard InChI is InChI=1S/C23H24F4N2O4S/c24-17-6-3-14(22(30)28-16-12-18(25)21(27)19(26)13-16)11-20(17)34(32,33)29-9-1-7-23(31,8-2-10-29)15-4-5-15/h3,6,11-13,15,31H,1-2,4-5,7-10H2,(H,28,30). The monoisotopic (exact) mass is 500 g/mol. The number of nitrogens with zero attached hydrogens (tertiary/aromatic N) is 1. The molecule has 0 bridgehead atoms. The summed E-state index contributed by atoms with van der Waals surface area (Å²) in [7, 11) is -4.29. The van der Waals surface area contributed by atoms with Crippen LogP contribution in [0.25, 0.3) is 0 Å². The Bertz CT molecular complexity index is 1180. The molecule has 0 unspecified atom stereocenters. The fourth-order valence-corrected chi connectivity index (χ4v) is 6.05. The lowest BCUT2D eigenvalue weighted by Gasteiger charge is -2.33. The Morgan fingerprint density at radius 3 is 2.12 bits per heavy atom. The first-order valence-corrected chi connectivity index (χ1v) is 12.4. The van der Waals surface area contributed by atoms with Crippen molar-refractivity contribution in [2.24, 2.45) is 5.92 Å². The highest BCUT2D eigenvalue weighted by atomic mass is 32.2. The zero-order valence-electron chi connectivity index (χ0n) is 18.2. The molecule has 2 N–H and O–H groups in total. The Kier molecular flexibility index (Phi) is 6.71. The van der Waals surface area contributed by atoms with Gasteiger partial charge in [-0.15, -0.1) is 0 Å². The number of halogens is 4. The molecule has 1 amide bonds. The summed E-state index contributed by atoms with van der Waals surface area (Å²) in [5.74, 6) is -6.47. The third kappa shape index (κ3) is 4.96. The predicted molar refractivity (Wildman–Crippen MR) is 116 cm³/mol. The molecule has 2 aromatic rings. The van der Waals surface area contributed by atoms with Crippen molar-refractivity contribution in [3.05, 3.63) is 59.2 Å². The molecule has 0 atom stereocenters. The van der Waals surface area contributed by atoms with Crippen LogP contribution in [0.15, 0.2) is 35.2 Å². The lowest BCUT2D eigenvalue weighted by atomic mass is 9.86. The van der Waals surface area contributed by atoms with Crippen LogP contribution in [-0.2, 0) is 10.0 Å². The average Bonchev–Trinajstić information content (AvgIpc) is 3.60. The Hall–Kier alpha value is -2.50. The highest BCUT2D eigenvalue weighted by Crippen LogP contribution is 2.45. The molecule has 1 saturated carbocycles. The molecule has 184 valence electrons. The molecule has 1 aliphatic carbocycles. The predicted octanol–water partition coefficient (Wildman–Crippen LogP) is 4.20. The van der Waals surface area contributed by atoms with Gasteiger partial charge in [0.05, 0.1) is 5.60 Å². The molecule has 2 aromatic carbocycles. The van der Waals surface area contributed by atoms with Crippen LogP contribution in [0.5, 0.6) is 0 Å². The van der Waals surface area contributed by atoms with Crippen molar-refractivity contribution >= 4 is 21.6 Å². The smallest absolute Gasteiger partial charge is 0.255 e. The highest BCUT2D eigenvalue weighted by Gasteiger charge is 2.44. The van der Waals surface area contributed by atoms with Crippen molar-refractivity contribution in [3.8, 4) is 0 Å². The van der Waals surface area contributed by atoms with Gasteiger partial charge in [-0.3, -0.25) is 4.79 Å². The molecule has 34 heavy (non-hydrogen) atoms. The third-order valence-corrected chi connectivity index (χ3v) is 8.34. The summed E-state index contributed by atoms with van der Waals surface area (Å²) in [5, 5.41) is 12.9. The Balaban J connectivity index is 1.53. The second-order valence-electron chi connectivity index (χ2n) is 8.84. The van der Waals surface area contributed by atoms with E-state index in [0.29, 0.717) is 37.8 Å². The van der Waals surface area contributed by atoms with E-state index in [4.69, 9.17) is 0 Å². The van der Waals surface area contributed by atoms with Crippen LogP contribution in [0.2, 0.25) is 0 Å². The first kappa shape index (κ1) is 24.6. The molecule has 0 aromatic heterocycles. The van der Waals surface area contributed by atoms with Gasteiger partial charge in [0.2, 0.25) is 10.0 Å². The summed E-state index contributed by atoms with van der Waals surface area (Å²) in [6.45, 7) is 0.197. The minimum absolute atomic E-state index is 0.0986. The largest absolute Gasteiger partial charge is 0.390 e. The maximum Gasteiger partial charge on any atom is 0.255 e. The van der Waals surface area contributed by atoms with Gasteiger partial charge in [-0.1, -0.05) is 0 Å². The topological polar surface area (TPSA) is 86.7 Å². The molecular formula is C23H24F4N2O4S. The molecule has 2 fully saturated rings. The van der Waals surface area contributed by atoms with Crippen molar-refractivity contribution in [3.63, 3.8) is 0 Å². The quantitative estimate of drug-likeness (QED) is 0.476. The van der Waals surface area contributed by atoms with Gasteiger partial charge in [-0.25, -0.2) is 26.0 Å². The number of hydrogen-bond donors (Lipinski definition) is 2. The van der Waals surface area contributed by atoms with Gasteiger partial charge < -0.3 is 10.4 Å². The summed E-state index contributed by atoms with van der Waals surface area (Å²) in [4.78, 5) is 11.8. The normalized spacial score (nSPS) is 19.3. The van der Waals surface area contributed by atoms with E-state index in [2.05, 4.69) is 5.32 Å².